The zero-order valence-corrected chi connectivity index (χ0v) is 20.4. The van der Waals surface area contributed by atoms with Crippen molar-refractivity contribution in [3.8, 4) is 0 Å². The van der Waals surface area contributed by atoms with Crippen molar-refractivity contribution in [2.45, 2.75) is 105 Å². The fraction of sp³-hybridized carbons (Fsp3) is 0.893. The summed E-state index contributed by atoms with van der Waals surface area (Å²) < 4.78 is 0. The summed E-state index contributed by atoms with van der Waals surface area (Å²) in [6.07, 6.45) is 12.4. The number of hydrogen-bond acceptors (Lipinski definition) is 2. The third kappa shape index (κ3) is 3.44. The van der Waals surface area contributed by atoms with Crippen LogP contribution in [0.1, 0.15) is 99.3 Å². The van der Waals surface area contributed by atoms with Gasteiger partial charge in [0, 0.05) is 12.8 Å². The Kier molecular flexibility index (Phi) is 6.06. The first-order chi connectivity index (χ1) is 14.1. The van der Waals surface area contributed by atoms with Gasteiger partial charge in [-0.05, 0) is 77.9 Å². The number of carbonyl (C=O) groups excluding carboxylic acids is 1. The van der Waals surface area contributed by atoms with Gasteiger partial charge in [0.15, 0.2) is 0 Å². The second-order valence-corrected chi connectivity index (χ2v) is 12.6. The molecule has 0 spiro atoms. The highest BCUT2D eigenvalue weighted by Gasteiger charge is 2.62. The number of aliphatic hydroxyl groups excluding tert-OH is 1. The number of hydrogen-bond donors (Lipinski definition) is 1. The molecule has 0 radical (unpaired) electrons. The quantitative estimate of drug-likeness (QED) is 0.501. The molecular formula is C28H46O2. The molecule has 0 amide bonds. The number of rotatable bonds is 5. The molecule has 170 valence electrons. The van der Waals surface area contributed by atoms with Crippen molar-refractivity contribution in [2.75, 3.05) is 0 Å². The van der Waals surface area contributed by atoms with Gasteiger partial charge in [0.1, 0.15) is 5.78 Å². The highest BCUT2D eigenvalue weighted by atomic mass is 16.3. The smallest absolute Gasteiger partial charge is 0.137 e. The van der Waals surface area contributed by atoms with Crippen molar-refractivity contribution < 1.29 is 9.90 Å². The Morgan fingerprint density at radius 3 is 2.53 bits per heavy atom. The molecule has 2 nitrogen and oxygen atoms in total. The SMILES string of the molecule is CC(C)CCC[C@@H](C)[C@H]1CC[C@H]2[C@@H]3[C@H](O)C=C4CC(=O)CC(C)[C@]4(C)[C@H]3CC[C@]12C. The van der Waals surface area contributed by atoms with E-state index in [1.807, 2.05) is 0 Å². The fourth-order valence-corrected chi connectivity index (χ4v) is 8.90. The number of aliphatic hydroxyl groups is 1. The number of ketones is 1. The topological polar surface area (TPSA) is 37.3 Å². The summed E-state index contributed by atoms with van der Waals surface area (Å²) in [5.41, 5.74) is 1.76. The van der Waals surface area contributed by atoms with E-state index in [4.69, 9.17) is 0 Å². The normalized spacial score (nSPS) is 46.8. The van der Waals surface area contributed by atoms with Crippen LogP contribution in [0, 0.1) is 52.3 Å². The summed E-state index contributed by atoms with van der Waals surface area (Å²) in [6.45, 7) is 14.5. The van der Waals surface area contributed by atoms with Crippen molar-refractivity contribution in [2.24, 2.45) is 52.3 Å². The molecule has 2 heteroatoms. The maximum absolute atomic E-state index is 12.3. The van der Waals surface area contributed by atoms with E-state index in [-0.39, 0.29) is 11.5 Å². The summed E-state index contributed by atoms with van der Waals surface area (Å²) in [5, 5.41) is 11.3. The lowest BCUT2D eigenvalue weighted by molar-refractivity contribution is -0.130. The van der Waals surface area contributed by atoms with Gasteiger partial charge in [-0.1, -0.05) is 72.5 Å². The van der Waals surface area contributed by atoms with Crippen LogP contribution < -0.4 is 0 Å². The van der Waals surface area contributed by atoms with Crippen LogP contribution >= 0.6 is 0 Å². The minimum atomic E-state index is -0.351. The summed E-state index contributed by atoms with van der Waals surface area (Å²) >= 11 is 0. The minimum Gasteiger partial charge on any atom is -0.389 e. The van der Waals surface area contributed by atoms with Crippen LogP contribution in [-0.2, 0) is 4.79 Å². The average Bonchev–Trinajstić information content (AvgIpc) is 3.01. The predicted octanol–water partition coefficient (Wildman–Crippen LogP) is 6.81. The molecule has 4 aliphatic carbocycles. The van der Waals surface area contributed by atoms with Crippen LogP contribution in [-0.4, -0.2) is 17.0 Å². The molecule has 0 aliphatic heterocycles. The van der Waals surface area contributed by atoms with E-state index >= 15 is 0 Å². The second kappa shape index (κ2) is 8.05. The Morgan fingerprint density at radius 1 is 1.10 bits per heavy atom. The van der Waals surface area contributed by atoms with E-state index in [0.717, 1.165) is 24.2 Å². The molecule has 9 atom stereocenters. The first-order valence-corrected chi connectivity index (χ1v) is 13.0. The van der Waals surface area contributed by atoms with E-state index in [1.165, 1.54) is 50.5 Å². The summed E-state index contributed by atoms with van der Waals surface area (Å²) in [5.74, 6) is 4.77. The second-order valence-electron chi connectivity index (χ2n) is 12.6. The molecule has 0 saturated heterocycles. The van der Waals surface area contributed by atoms with Gasteiger partial charge in [0.25, 0.3) is 0 Å². The zero-order chi connectivity index (χ0) is 21.8. The van der Waals surface area contributed by atoms with Crippen molar-refractivity contribution in [3.63, 3.8) is 0 Å². The molecule has 3 fully saturated rings. The molecule has 4 rings (SSSR count). The van der Waals surface area contributed by atoms with Crippen LogP contribution in [0.25, 0.3) is 0 Å². The van der Waals surface area contributed by atoms with Gasteiger partial charge in [-0.2, -0.15) is 0 Å². The highest BCUT2D eigenvalue weighted by Crippen LogP contribution is 2.67. The van der Waals surface area contributed by atoms with Crippen molar-refractivity contribution >= 4 is 5.78 Å². The van der Waals surface area contributed by atoms with Crippen LogP contribution in [0.3, 0.4) is 0 Å². The molecule has 1 N–H and O–H groups in total. The van der Waals surface area contributed by atoms with Gasteiger partial charge in [0.05, 0.1) is 6.10 Å². The van der Waals surface area contributed by atoms with Crippen LogP contribution in [0.5, 0.6) is 0 Å². The monoisotopic (exact) mass is 414 g/mol. The summed E-state index contributed by atoms with van der Waals surface area (Å²) in [6, 6.07) is 0. The molecule has 30 heavy (non-hydrogen) atoms. The Labute approximate surface area is 185 Å². The number of allylic oxidation sites excluding steroid dienone is 1. The lowest BCUT2D eigenvalue weighted by atomic mass is 9.44. The van der Waals surface area contributed by atoms with Crippen molar-refractivity contribution in [3.05, 3.63) is 11.6 Å². The molecule has 0 bridgehead atoms. The van der Waals surface area contributed by atoms with Crippen molar-refractivity contribution in [1.82, 2.24) is 0 Å². The van der Waals surface area contributed by atoms with Gasteiger partial charge < -0.3 is 5.11 Å². The summed E-state index contributed by atoms with van der Waals surface area (Å²) in [4.78, 5) is 12.3. The molecule has 0 aromatic heterocycles. The van der Waals surface area contributed by atoms with Gasteiger partial charge in [-0.25, -0.2) is 0 Å². The lowest BCUT2D eigenvalue weighted by Gasteiger charge is -2.60. The molecule has 1 unspecified atom stereocenters. The zero-order valence-electron chi connectivity index (χ0n) is 20.4. The molecular weight excluding hydrogens is 368 g/mol. The molecule has 0 aromatic rings. The van der Waals surface area contributed by atoms with E-state index in [0.29, 0.717) is 41.3 Å². The molecule has 0 aromatic carbocycles. The molecule has 3 saturated carbocycles. The predicted molar refractivity (Wildman–Crippen MR) is 124 cm³/mol. The van der Waals surface area contributed by atoms with E-state index in [9.17, 15) is 9.90 Å². The van der Waals surface area contributed by atoms with Crippen LogP contribution in [0.2, 0.25) is 0 Å². The average molecular weight is 415 g/mol. The van der Waals surface area contributed by atoms with E-state index < -0.39 is 0 Å². The molecule has 4 aliphatic rings. The standard InChI is InChI=1S/C28H46O2/c1-17(2)8-7-9-18(3)22-10-11-23-26-24(12-13-27(22,23)5)28(6)19(4)14-21(29)15-20(28)16-25(26)30/h16-19,22-26,30H,7-15H2,1-6H3/t18-,19?,22-,23+,24+,25-,26+,27-,28+/m1/s1. The first kappa shape index (κ1) is 22.6. The number of carbonyl (C=O) groups is 1. The van der Waals surface area contributed by atoms with Crippen LogP contribution in [0.15, 0.2) is 11.6 Å². The first-order valence-electron chi connectivity index (χ1n) is 13.0. The maximum atomic E-state index is 12.3. The lowest BCUT2D eigenvalue weighted by Crippen LogP contribution is -2.56. The van der Waals surface area contributed by atoms with E-state index in [2.05, 4.69) is 47.6 Å². The van der Waals surface area contributed by atoms with Crippen LogP contribution in [0.4, 0.5) is 0 Å². The Morgan fingerprint density at radius 2 is 1.83 bits per heavy atom. The molecule has 0 heterocycles. The number of fused-ring (bicyclic) bond motifs is 5. The minimum absolute atomic E-state index is 0.111. The van der Waals surface area contributed by atoms with Gasteiger partial charge >= 0.3 is 0 Å². The third-order valence-corrected chi connectivity index (χ3v) is 10.7. The van der Waals surface area contributed by atoms with Gasteiger partial charge in [-0.3, -0.25) is 4.79 Å². The largest absolute Gasteiger partial charge is 0.389 e. The Balaban J connectivity index is 1.57. The maximum Gasteiger partial charge on any atom is 0.137 e. The fourth-order valence-electron chi connectivity index (χ4n) is 8.90. The van der Waals surface area contributed by atoms with E-state index in [1.54, 1.807) is 0 Å². The van der Waals surface area contributed by atoms with Crippen molar-refractivity contribution in [1.29, 1.82) is 0 Å². The number of Topliss-reactive ketones (excluding diaryl/α,β-unsaturated/α-hetero) is 1. The van der Waals surface area contributed by atoms with Gasteiger partial charge in [-0.15, -0.1) is 0 Å². The highest BCUT2D eigenvalue weighted by molar-refractivity contribution is 5.83. The third-order valence-electron chi connectivity index (χ3n) is 10.7. The Bertz CT molecular complexity index is 693. The summed E-state index contributed by atoms with van der Waals surface area (Å²) in [7, 11) is 0. The van der Waals surface area contributed by atoms with Gasteiger partial charge in [0.2, 0.25) is 0 Å². The Hall–Kier alpha value is -0.630.